The molecule has 0 aliphatic heterocycles. The van der Waals surface area contributed by atoms with Gasteiger partial charge in [-0.15, -0.1) is 0 Å². The summed E-state index contributed by atoms with van der Waals surface area (Å²) in [6, 6.07) is 25.1. The van der Waals surface area contributed by atoms with Crippen LogP contribution < -0.4 is 10.6 Å². The fourth-order valence-electron chi connectivity index (χ4n) is 4.03. The first kappa shape index (κ1) is 23.7. The Kier molecular flexibility index (Phi) is 7.77. The lowest BCUT2D eigenvalue weighted by molar-refractivity contribution is -0.134. The largest absolute Gasteiger partial charge is 0.361 e. The number of carbonyl (C=O) groups is 2. The fourth-order valence-corrected chi connectivity index (χ4v) is 4.49. The molecule has 0 unspecified atom stereocenters. The van der Waals surface area contributed by atoms with Crippen LogP contribution in [-0.2, 0) is 16.0 Å². The summed E-state index contributed by atoms with van der Waals surface area (Å²) in [6.45, 7) is 0.617. The van der Waals surface area contributed by atoms with Gasteiger partial charge in [0, 0.05) is 46.8 Å². The zero-order valence-electron chi connectivity index (χ0n) is 18.8. The number of nitrogens with zero attached hydrogens (tertiary/aromatic N) is 2. The number of benzene rings is 3. The minimum Gasteiger partial charge on any atom is -0.361 e. The SMILES string of the molecule is NCCC(=O)N(CCc1c[nH]c2ccccc12)CC(=O)N(c1ccccc1)c1ccccc1Br. The Labute approximate surface area is 207 Å². The first-order valence-corrected chi connectivity index (χ1v) is 12.0. The summed E-state index contributed by atoms with van der Waals surface area (Å²) in [4.78, 5) is 33.1. The third-order valence-electron chi connectivity index (χ3n) is 5.72. The van der Waals surface area contributed by atoms with E-state index in [2.05, 4.69) is 27.0 Å². The number of halogens is 1. The van der Waals surface area contributed by atoms with Crippen LogP contribution >= 0.6 is 15.9 Å². The van der Waals surface area contributed by atoms with E-state index < -0.39 is 0 Å². The van der Waals surface area contributed by atoms with Gasteiger partial charge in [-0.3, -0.25) is 14.5 Å². The Balaban J connectivity index is 1.59. The average Bonchev–Trinajstić information content (AvgIpc) is 3.27. The predicted octanol–water partition coefficient (Wildman–Crippen LogP) is 5.02. The van der Waals surface area contributed by atoms with E-state index in [9.17, 15) is 9.59 Å². The van der Waals surface area contributed by atoms with Crippen LogP contribution in [0, 0.1) is 0 Å². The van der Waals surface area contributed by atoms with Gasteiger partial charge in [-0.2, -0.15) is 0 Å². The lowest BCUT2D eigenvalue weighted by atomic mass is 10.1. The highest BCUT2D eigenvalue weighted by Gasteiger charge is 2.24. The van der Waals surface area contributed by atoms with E-state index in [-0.39, 0.29) is 31.3 Å². The first-order chi connectivity index (χ1) is 16.6. The van der Waals surface area contributed by atoms with Crippen LogP contribution in [0.5, 0.6) is 0 Å². The van der Waals surface area contributed by atoms with E-state index in [0.717, 1.165) is 32.3 Å². The molecule has 0 saturated heterocycles. The number of nitrogens with two attached hydrogens (primary N) is 1. The number of hydrogen-bond acceptors (Lipinski definition) is 3. The van der Waals surface area contributed by atoms with Crippen LogP contribution in [0.2, 0.25) is 0 Å². The topological polar surface area (TPSA) is 82.4 Å². The molecule has 1 heterocycles. The minimum absolute atomic E-state index is 0.0442. The van der Waals surface area contributed by atoms with Gasteiger partial charge in [0.15, 0.2) is 0 Å². The molecule has 0 atom stereocenters. The van der Waals surface area contributed by atoms with Crippen molar-refractivity contribution >= 4 is 50.0 Å². The van der Waals surface area contributed by atoms with Crippen LogP contribution in [0.3, 0.4) is 0 Å². The number of H-pyrrole nitrogens is 1. The Hall–Kier alpha value is -3.42. The van der Waals surface area contributed by atoms with E-state index in [1.165, 1.54) is 0 Å². The van der Waals surface area contributed by atoms with Crippen LogP contribution in [0.15, 0.2) is 89.5 Å². The first-order valence-electron chi connectivity index (χ1n) is 11.2. The lowest BCUT2D eigenvalue weighted by Crippen LogP contribution is -2.43. The number of anilines is 2. The van der Waals surface area contributed by atoms with Gasteiger partial charge in [0.05, 0.1) is 5.69 Å². The Morgan fingerprint density at radius 3 is 2.35 bits per heavy atom. The highest BCUT2D eigenvalue weighted by atomic mass is 79.9. The third-order valence-corrected chi connectivity index (χ3v) is 6.39. The Morgan fingerprint density at radius 2 is 1.59 bits per heavy atom. The predicted molar refractivity (Wildman–Crippen MR) is 140 cm³/mol. The van der Waals surface area contributed by atoms with Crippen LogP contribution in [0.25, 0.3) is 10.9 Å². The third kappa shape index (κ3) is 5.38. The molecular weight excluding hydrogens is 492 g/mol. The number of nitrogens with one attached hydrogen (secondary N) is 1. The van der Waals surface area contributed by atoms with Crippen LogP contribution in [0.1, 0.15) is 12.0 Å². The standard InChI is InChI=1S/C27H27BrN4O2/c28-23-11-5-7-13-25(23)32(21-8-2-1-3-9-21)27(34)19-31(26(33)14-16-29)17-15-20-18-30-24-12-6-4-10-22(20)24/h1-13,18,30H,14-17,19,29H2. The summed E-state index contributed by atoms with van der Waals surface area (Å²) in [5.41, 5.74) is 9.30. The van der Waals surface area contributed by atoms with Crippen molar-refractivity contribution in [3.63, 3.8) is 0 Å². The second-order valence-corrected chi connectivity index (χ2v) is 8.83. The van der Waals surface area contributed by atoms with Gasteiger partial charge in [-0.05, 0) is 58.2 Å². The molecule has 4 rings (SSSR count). The van der Waals surface area contributed by atoms with Gasteiger partial charge < -0.3 is 15.6 Å². The summed E-state index contributed by atoms with van der Waals surface area (Å²) >= 11 is 3.57. The Bertz CT molecular complexity index is 1270. The molecule has 4 aromatic rings. The van der Waals surface area contributed by atoms with Crippen molar-refractivity contribution in [1.29, 1.82) is 0 Å². The fraction of sp³-hybridized carbons (Fsp3) is 0.185. The van der Waals surface area contributed by atoms with E-state index in [1.54, 1.807) is 9.80 Å². The van der Waals surface area contributed by atoms with Crippen molar-refractivity contribution in [3.05, 3.63) is 95.1 Å². The molecule has 6 nitrogen and oxygen atoms in total. The van der Waals surface area contributed by atoms with E-state index in [4.69, 9.17) is 5.73 Å². The van der Waals surface area contributed by atoms with Crippen LogP contribution in [0.4, 0.5) is 11.4 Å². The van der Waals surface area contributed by atoms with Crippen molar-refractivity contribution in [2.45, 2.75) is 12.8 Å². The maximum absolute atomic E-state index is 13.7. The summed E-state index contributed by atoms with van der Waals surface area (Å²) in [6.07, 6.45) is 2.80. The van der Waals surface area contributed by atoms with Crippen molar-refractivity contribution in [1.82, 2.24) is 9.88 Å². The number of aromatic amines is 1. The van der Waals surface area contributed by atoms with Gasteiger partial charge in [-0.1, -0.05) is 48.5 Å². The molecule has 174 valence electrons. The molecule has 0 fully saturated rings. The number of para-hydroxylation sites is 3. The van der Waals surface area contributed by atoms with Gasteiger partial charge in [-0.25, -0.2) is 0 Å². The summed E-state index contributed by atoms with van der Waals surface area (Å²) in [5.74, 6) is -0.321. The highest BCUT2D eigenvalue weighted by Crippen LogP contribution is 2.32. The molecule has 0 saturated carbocycles. The number of aromatic nitrogens is 1. The molecule has 3 aromatic carbocycles. The molecule has 7 heteroatoms. The molecule has 0 aliphatic rings. The molecular formula is C27H27BrN4O2. The second-order valence-electron chi connectivity index (χ2n) is 7.98. The van der Waals surface area contributed by atoms with Crippen molar-refractivity contribution in [2.75, 3.05) is 24.5 Å². The van der Waals surface area contributed by atoms with Gasteiger partial charge in [0.2, 0.25) is 5.91 Å². The van der Waals surface area contributed by atoms with Crippen LogP contribution in [-0.4, -0.2) is 41.3 Å². The molecule has 0 bridgehead atoms. The Morgan fingerprint density at radius 1 is 0.882 bits per heavy atom. The molecule has 0 aliphatic carbocycles. The molecule has 0 radical (unpaired) electrons. The number of fused-ring (bicyclic) bond motifs is 1. The summed E-state index contributed by atoms with van der Waals surface area (Å²) in [5, 5.41) is 1.12. The number of amides is 2. The smallest absolute Gasteiger partial charge is 0.251 e. The second kappa shape index (κ2) is 11.1. The molecule has 34 heavy (non-hydrogen) atoms. The normalized spacial score (nSPS) is 10.9. The van der Waals surface area contributed by atoms with Gasteiger partial charge in [0.1, 0.15) is 6.54 Å². The zero-order chi connectivity index (χ0) is 23.9. The summed E-state index contributed by atoms with van der Waals surface area (Å²) in [7, 11) is 0. The molecule has 0 spiro atoms. The van der Waals surface area contributed by atoms with E-state index in [0.29, 0.717) is 13.0 Å². The van der Waals surface area contributed by atoms with Crippen molar-refractivity contribution in [2.24, 2.45) is 5.73 Å². The van der Waals surface area contributed by atoms with Crippen molar-refractivity contribution < 1.29 is 9.59 Å². The lowest BCUT2D eigenvalue weighted by Gasteiger charge is -2.28. The van der Waals surface area contributed by atoms with Crippen molar-refractivity contribution in [3.8, 4) is 0 Å². The van der Waals surface area contributed by atoms with E-state index >= 15 is 0 Å². The molecule has 3 N–H and O–H groups in total. The van der Waals surface area contributed by atoms with Gasteiger partial charge in [0.25, 0.3) is 5.91 Å². The minimum atomic E-state index is -0.192. The van der Waals surface area contributed by atoms with Gasteiger partial charge >= 0.3 is 0 Å². The number of rotatable bonds is 9. The number of hydrogen-bond donors (Lipinski definition) is 2. The maximum atomic E-state index is 13.7. The quantitative estimate of drug-likeness (QED) is 0.326. The molecule has 1 aromatic heterocycles. The highest BCUT2D eigenvalue weighted by molar-refractivity contribution is 9.10. The molecule has 2 amide bonds. The van der Waals surface area contributed by atoms with E-state index in [1.807, 2.05) is 79.0 Å². The maximum Gasteiger partial charge on any atom is 0.251 e. The average molecular weight is 519 g/mol. The monoisotopic (exact) mass is 518 g/mol. The summed E-state index contributed by atoms with van der Waals surface area (Å²) < 4.78 is 0.797. The number of carbonyl (C=O) groups excluding carboxylic acids is 2. The zero-order valence-corrected chi connectivity index (χ0v) is 20.4.